The maximum absolute atomic E-state index is 12.5. The second kappa shape index (κ2) is 11.7. The summed E-state index contributed by atoms with van der Waals surface area (Å²) in [7, 11) is 0. The fourth-order valence-corrected chi connectivity index (χ4v) is 3.12. The van der Waals surface area contributed by atoms with Crippen molar-refractivity contribution < 1.29 is 19.1 Å². The fraction of sp³-hybridized carbons (Fsp3) is 0.160. The Hall–Kier alpha value is -3.84. The summed E-state index contributed by atoms with van der Waals surface area (Å²) in [6.07, 6.45) is 1.48. The zero-order chi connectivity index (χ0) is 23.6. The molecule has 7 nitrogen and oxygen atoms in total. The number of benzene rings is 3. The van der Waals surface area contributed by atoms with Crippen LogP contribution in [0.5, 0.6) is 11.5 Å². The molecule has 0 aliphatic carbocycles. The average molecular weight is 466 g/mol. The average Bonchev–Trinajstić information content (AvgIpc) is 2.80. The molecule has 0 fully saturated rings. The van der Waals surface area contributed by atoms with E-state index in [0.717, 1.165) is 11.3 Å². The van der Waals surface area contributed by atoms with E-state index < -0.39 is 5.97 Å². The highest BCUT2D eigenvalue weighted by Crippen LogP contribution is 2.29. The molecule has 33 heavy (non-hydrogen) atoms. The lowest BCUT2D eigenvalue weighted by Gasteiger charge is -2.12. The number of halogens is 1. The normalized spacial score (nSPS) is 10.6. The van der Waals surface area contributed by atoms with Crippen molar-refractivity contribution in [2.75, 3.05) is 18.5 Å². The van der Waals surface area contributed by atoms with Crippen LogP contribution in [0.2, 0.25) is 5.02 Å². The van der Waals surface area contributed by atoms with Gasteiger partial charge in [0.25, 0.3) is 5.91 Å². The summed E-state index contributed by atoms with van der Waals surface area (Å²) in [5.74, 6) is -0.249. The van der Waals surface area contributed by atoms with Crippen LogP contribution < -0.4 is 20.2 Å². The summed E-state index contributed by atoms with van der Waals surface area (Å²) in [4.78, 5) is 24.5. The van der Waals surface area contributed by atoms with Crippen LogP contribution >= 0.6 is 11.6 Å². The van der Waals surface area contributed by atoms with Crippen LogP contribution in [-0.4, -0.2) is 31.2 Å². The van der Waals surface area contributed by atoms with Gasteiger partial charge >= 0.3 is 5.97 Å². The number of hydrazone groups is 1. The van der Waals surface area contributed by atoms with E-state index >= 15 is 0 Å². The van der Waals surface area contributed by atoms with Crippen molar-refractivity contribution in [2.24, 2.45) is 5.10 Å². The summed E-state index contributed by atoms with van der Waals surface area (Å²) < 4.78 is 11.1. The van der Waals surface area contributed by atoms with Gasteiger partial charge in [-0.3, -0.25) is 4.79 Å². The number of anilines is 1. The van der Waals surface area contributed by atoms with Crippen molar-refractivity contribution in [3.63, 3.8) is 0 Å². The van der Waals surface area contributed by atoms with E-state index in [1.807, 2.05) is 38.1 Å². The molecule has 0 bridgehead atoms. The zero-order valence-corrected chi connectivity index (χ0v) is 19.1. The minimum atomic E-state index is -0.587. The molecule has 2 N–H and O–H groups in total. The van der Waals surface area contributed by atoms with Crippen molar-refractivity contribution in [1.29, 1.82) is 0 Å². The molecule has 0 aromatic heterocycles. The number of esters is 1. The first kappa shape index (κ1) is 23.8. The van der Waals surface area contributed by atoms with E-state index in [-0.39, 0.29) is 23.8 Å². The lowest BCUT2D eigenvalue weighted by molar-refractivity contribution is -0.119. The molecule has 3 aromatic rings. The monoisotopic (exact) mass is 465 g/mol. The van der Waals surface area contributed by atoms with Gasteiger partial charge in [0.15, 0.2) is 11.5 Å². The van der Waals surface area contributed by atoms with E-state index in [1.54, 1.807) is 42.5 Å². The SMILES string of the molecule is CCOc1cc(/C=N\NC(=O)CNc2ccccc2C)ccc1OC(=O)c1ccccc1Cl. The van der Waals surface area contributed by atoms with Crippen LogP contribution in [0.4, 0.5) is 5.69 Å². The number of rotatable bonds is 9. The van der Waals surface area contributed by atoms with Crippen LogP contribution in [0.3, 0.4) is 0 Å². The van der Waals surface area contributed by atoms with Gasteiger partial charge < -0.3 is 14.8 Å². The van der Waals surface area contributed by atoms with Gasteiger partial charge in [0.05, 0.1) is 30.0 Å². The van der Waals surface area contributed by atoms with Crippen LogP contribution in [0.25, 0.3) is 0 Å². The maximum atomic E-state index is 12.5. The first-order valence-corrected chi connectivity index (χ1v) is 10.7. The van der Waals surface area contributed by atoms with Crippen molar-refractivity contribution in [2.45, 2.75) is 13.8 Å². The van der Waals surface area contributed by atoms with Gasteiger partial charge in [0, 0.05) is 5.69 Å². The molecule has 0 heterocycles. The van der Waals surface area contributed by atoms with E-state index in [4.69, 9.17) is 21.1 Å². The van der Waals surface area contributed by atoms with Crippen LogP contribution in [-0.2, 0) is 4.79 Å². The van der Waals surface area contributed by atoms with Crippen LogP contribution in [0.15, 0.2) is 71.8 Å². The molecular weight excluding hydrogens is 442 g/mol. The molecule has 0 saturated carbocycles. The molecule has 0 unspecified atom stereocenters. The Kier molecular flexibility index (Phi) is 8.43. The molecule has 3 aromatic carbocycles. The number of hydrogen-bond acceptors (Lipinski definition) is 6. The minimum absolute atomic E-state index is 0.0866. The minimum Gasteiger partial charge on any atom is -0.490 e. The fourth-order valence-electron chi connectivity index (χ4n) is 2.90. The van der Waals surface area contributed by atoms with Gasteiger partial charge in [0.2, 0.25) is 0 Å². The molecule has 0 spiro atoms. The van der Waals surface area contributed by atoms with Gasteiger partial charge in [-0.25, -0.2) is 10.2 Å². The summed E-state index contributed by atoms with van der Waals surface area (Å²) >= 11 is 6.07. The summed E-state index contributed by atoms with van der Waals surface area (Å²) in [5, 5.41) is 7.35. The second-order valence-electron chi connectivity index (χ2n) is 6.97. The second-order valence-corrected chi connectivity index (χ2v) is 7.38. The molecule has 0 aliphatic rings. The number of ether oxygens (including phenoxy) is 2. The molecule has 1 amide bonds. The number of aryl methyl sites for hydroxylation is 1. The van der Waals surface area contributed by atoms with Crippen LogP contribution in [0.1, 0.15) is 28.4 Å². The number of amides is 1. The standard InChI is InChI=1S/C25H24ClN3O4/c1-3-32-23-14-18(12-13-22(23)33-25(31)19-9-5-6-10-20(19)26)15-28-29-24(30)16-27-21-11-7-4-8-17(21)2/h4-15,27H,3,16H2,1-2H3,(H,29,30)/b28-15-. The number of carbonyl (C=O) groups excluding carboxylic acids is 2. The Morgan fingerprint density at radius 1 is 1.03 bits per heavy atom. The van der Waals surface area contributed by atoms with Crippen molar-refractivity contribution in [1.82, 2.24) is 5.43 Å². The number of nitrogens with one attached hydrogen (secondary N) is 2. The zero-order valence-electron chi connectivity index (χ0n) is 18.3. The van der Waals surface area contributed by atoms with E-state index in [1.165, 1.54) is 6.21 Å². The maximum Gasteiger partial charge on any atom is 0.345 e. The van der Waals surface area contributed by atoms with Gasteiger partial charge in [-0.15, -0.1) is 0 Å². The summed E-state index contributed by atoms with van der Waals surface area (Å²) in [5.41, 5.74) is 5.33. The van der Waals surface area contributed by atoms with E-state index in [2.05, 4.69) is 15.8 Å². The predicted molar refractivity (Wildman–Crippen MR) is 129 cm³/mol. The third-order valence-corrected chi connectivity index (χ3v) is 4.88. The first-order chi connectivity index (χ1) is 16.0. The Labute approximate surface area is 197 Å². The lowest BCUT2D eigenvalue weighted by Crippen LogP contribution is -2.26. The van der Waals surface area contributed by atoms with Crippen molar-refractivity contribution >= 4 is 35.4 Å². The molecule has 170 valence electrons. The van der Waals surface area contributed by atoms with Gasteiger partial charge in [-0.1, -0.05) is 41.9 Å². The number of carbonyl (C=O) groups is 2. The predicted octanol–water partition coefficient (Wildman–Crippen LogP) is 4.83. The molecule has 8 heteroatoms. The van der Waals surface area contributed by atoms with E-state index in [0.29, 0.717) is 22.9 Å². The van der Waals surface area contributed by atoms with E-state index in [9.17, 15) is 9.59 Å². The van der Waals surface area contributed by atoms with Crippen molar-refractivity contribution in [3.05, 3.63) is 88.4 Å². The topological polar surface area (TPSA) is 89.0 Å². The number of hydrogen-bond donors (Lipinski definition) is 2. The number of nitrogens with zero attached hydrogens (tertiary/aromatic N) is 1. The summed E-state index contributed by atoms with van der Waals surface area (Å²) in [6, 6.07) is 19.3. The highest BCUT2D eigenvalue weighted by atomic mass is 35.5. The quantitative estimate of drug-likeness (QED) is 0.204. The Balaban J connectivity index is 1.61. The van der Waals surface area contributed by atoms with Gasteiger partial charge in [0.1, 0.15) is 0 Å². The molecule has 3 rings (SSSR count). The largest absolute Gasteiger partial charge is 0.490 e. The third-order valence-electron chi connectivity index (χ3n) is 4.55. The Morgan fingerprint density at radius 2 is 1.79 bits per heavy atom. The molecule has 0 saturated heterocycles. The molecule has 0 atom stereocenters. The number of para-hydroxylation sites is 1. The Morgan fingerprint density at radius 3 is 2.55 bits per heavy atom. The molecule has 0 radical (unpaired) electrons. The van der Waals surface area contributed by atoms with Gasteiger partial charge in [-0.05, 0) is 61.4 Å². The molecule has 0 aliphatic heterocycles. The van der Waals surface area contributed by atoms with Gasteiger partial charge in [-0.2, -0.15) is 5.10 Å². The highest BCUT2D eigenvalue weighted by molar-refractivity contribution is 6.33. The summed E-state index contributed by atoms with van der Waals surface area (Å²) in [6.45, 7) is 4.24. The third kappa shape index (κ3) is 6.82. The highest BCUT2D eigenvalue weighted by Gasteiger charge is 2.15. The Bertz CT molecular complexity index is 1160. The molecular formula is C25H24ClN3O4. The smallest absolute Gasteiger partial charge is 0.345 e. The lowest BCUT2D eigenvalue weighted by atomic mass is 10.2. The van der Waals surface area contributed by atoms with Crippen molar-refractivity contribution in [3.8, 4) is 11.5 Å². The van der Waals surface area contributed by atoms with Crippen LogP contribution in [0, 0.1) is 6.92 Å². The first-order valence-electron chi connectivity index (χ1n) is 10.3.